The first-order chi connectivity index (χ1) is 7.77. The van der Waals surface area contributed by atoms with Crippen molar-refractivity contribution in [3.8, 4) is 0 Å². The number of anilines is 1. The monoisotopic (exact) mass is 221 g/mol. The van der Waals surface area contributed by atoms with Gasteiger partial charge < -0.3 is 15.8 Å². The molecule has 1 aliphatic carbocycles. The quantitative estimate of drug-likeness (QED) is 0.336. The molecule has 1 aliphatic rings. The molecule has 0 spiro atoms. The second-order valence-electron chi connectivity index (χ2n) is 3.73. The summed E-state index contributed by atoms with van der Waals surface area (Å²) in [6.07, 6.45) is 5.49. The van der Waals surface area contributed by atoms with Gasteiger partial charge in [0.15, 0.2) is 17.3 Å². The molecule has 86 valence electrons. The maximum atomic E-state index is 8.70. The highest BCUT2D eigenvalue weighted by molar-refractivity contribution is 5.99. The van der Waals surface area contributed by atoms with E-state index in [2.05, 4.69) is 26.9 Å². The van der Waals surface area contributed by atoms with Gasteiger partial charge in [-0.05, 0) is 19.8 Å². The lowest BCUT2D eigenvalue weighted by molar-refractivity contribution is 0.318. The minimum absolute atomic E-state index is 0.00204. The standard InChI is InChI=1S/C10H15N5O/c1-2-15(7-3-4-7)10-8(9(11)14-16)12-5-6-13-10/h5-7,16H,2-4H2,1H3,(H2,11,14). The Bertz CT molecular complexity index is 402. The van der Waals surface area contributed by atoms with Crippen molar-refractivity contribution in [2.24, 2.45) is 10.9 Å². The number of aromatic nitrogens is 2. The first-order valence-corrected chi connectivity index (χ1v) is 5.33. The molecule has 0 aliphatic heterocycles. The minimum Gasteiger partial charge on any atom is -0.409 e. The van der Waals surface area contributed by atoms with Crippen LogP contribution in [0.3, 0.4) is 0 Å². The molecule has 6 heteroatoms. The fourth-order valence-corrected chi connectivity index (χ4v) is 1.74. The molecule has 0 aromatic carbocycles. The Morgan fingerprint density at radius 1 is 1.56 bits per heavy atom. The van der Waals surface area contributed by atoms with Crippen molar-refractivity contribution in [1.29, 1.82) is 0 Å². The third-order valence-corrected chi connectivity index (χ3v) is 2.63. The molecular weight excluding hydrogens is 206 g/mol. The Hall–Kier alpha value is -1.85. The highest BCUT2D eigenvalue weighted by Crippen LogP contribution is 2.31. The van der Waals surface area contributed by atoms with Gasteiger partial charge >= 0.3 is 0 Å². The predicted molar refractivity (Wildman–Crippen MR) is 60.6 cm³/mol. The molecule has 1 heterocycles. The van der Waals surface area contributed by atoms with Crippen molar-refractivity contribution in [2.75, 3.05) is 11.4 Å². The first-order valence-electron chi connectivity index (χ1n) is 5.33. The number of hydrogen-bond acceptors (Lipinski definition) is 5. The number of oxime groups is 1. The van der Waals surface area contributed by atoms with E-state index in [1.807, 2.05) is 0 Å². The average molecular weight is 221 g/mol. The van der Waals surface area contributed by atoms with Crippen LogP contribution < -0.4 is 10.6 Å². The molecule has 2 rings (SSSR count). The number of nitrogens with two attached hydrogens (primary N) is 1. The summed E-state index contributed by atoms with van der Waals surface area (Å²) in [4.78, 5) is 10.5. The maximum Gasteiger partial charge on any atom is 0.192 e. The lowest BCUT2D eigenvalue weighted by Crippen LogP contribution is -2.30. The Kier molecular flexibility index (Phi) is 2.89. The molecule has 0 atom stereocenters. The number of amidine groups is 1. The molecule has 0 amide bonds. The first kappa shape index (κ1) is 10.7. The largest absolute Gasteiger partial charge is 0.409 e. The molecule has 6 nitrogen and oxygen atoms in total. The number of nitrogens with zero attached hydrogens (tertiary/aromatic N) is 4. The van der Waals surface area contributed by atoms with E-state index in [0.29, 0.717) is 17.6 Å². The molecule has 1 saturated carbocycles. The van der Waals surface area contributed by atoms with Gasteiger partial charge in [-0.1, -0.05) is 5.16 Å². The van der Waals surface area contributed by atoms with E-state index in [1.54, 1.807) is 6.20 Å². The van der Waals surface area contributed by atoms with Crippen LogP contribution in [-0.4, -0.2) is 33.6 Å². The van der Waals surface area contributed by atoms with Crippen molar-refractivity contribution in [2.45, 2.75) is 25.8 Å². The van der Waals surface area contributed by atoms with E-state index >= 15 is 0 Å². The number of rotatable bonds is 4. The summed E-state index contributed by atoms with van der Waals surface area (Å²) < 4.78 is 0. The SMILES string of the molecule is CCN(c1nccnc1C(N)=NO)C1CC1. The molecular formula is C10H15N5O. The molecule has 0 bridgehead atoms. The third-order valence-electron chi connectivity index (χ3n) is 2.63. The summed E-state index contributed by atoms with van der Waals surface area (Å²) in [7, 11) is 0. The predicted octanol–water partition coefficient (Wildman–Crippen LogP) is 0.560. The molecule has 1 aromatic rings. The molecule has 0 saturated heterocycles. The molecule has 1 aromatic heterocycles. The van der Waals surface area contributed by atoms with Crippen LogP contribution in [0.2, 0.25) is 0 Å². The van der Waals surface area contributed by atoms with Crippen LogP contribution in [0.1, 0.15) is 25.5 Å². The van der Waals surface area contributed by atoms with Crippen molar-refractivity contribution >= 4 is 11.7 Å². The van der Waals surface area contributed by atoms with E-state index < -0.39 is 0 Å². The van der Waals surface area contributed by atoms with Gasteiger partial charge in [0, 0.05) is 25.0 Å². The molecule has 0 radical (unpaired) electrons. The average Bonchev–Trinajstić information content (AvgIpc) is 3.14. The Labute approximate surface area is 93.8 Å². The minimum atomic E-state index is 0.00204. The van der Waals surface area contributed by atoms with Crippen molar-refractivity contribution in [3.05, 3.63) is 18.1 Å². The topological polar surface area (TPSA) is 87.6 Å². The second-order valence-corrected chi connectivity index (χ2v) is 3.73. The Morgan fingerprint density at radius 2 is 2.25 bits per heavy atom. The summed E-state index contributed by atoms with van der Waals surface area (Å²) >= 11 is 0. The lowest BCUT2D eigenvalue weighted by Gasteiger charge is -2.22. The van der Waals surface area contributed by atoms with Crippen molar-refractivity contribution < 1.29 is 5.21 Å². The van der Waals surface area contributed by atoms with E-state index in [1.165, 1.54) is 19.0 Å². The van der Waals surface area contributed by atoms with Gasteiger partial charge in [0.05, 0.1) is 0 Å². The van der Waals surface area contributed by atoms with Crippen molar-refractivity contribution in [1.82, 2.24) is 9.97 Å². The fraction of sp³-hybridized carbons (Fsp3) is 0.500. The summed E-state index contributed by atoms with van der Waals surface area (Å²) in [5, 5.41) is 11.7. The lowest BCUT2D eigenvalue weighted by atomic mass is 10.3. The van der Waals surface area contributed by atoms with Gasteiger partial charge in [0.2, 0.25) is 0 Å². The molecule has 3 N–H and O–H groups in total. The Balaban J connectivity index is 2.38. The van der Waals surface area contributed by atoms with Crippen LogP contribution in [0.25, 0.3) is 0 Å². The molecule has 0 unspecified atom stereocenters. The normalized spacial score (nSPS) is 16.2. The Morgan fingerprint density at radius 3 is 2.81 bits per heavy atom. The van der Waals surface area contributed by atoms with Gasteiger partial charge in [-0.2, -0.15) is 0 Å². The smallest absolute Gasteiger partial charge is 0.192 e. The van der Waals surface area contributed by atoms with Crippen molar-refractivity contribution in [3.63, 3.8) is 0 Å². The van der Waals surface area contributed by atoms with Crippen LogP contribution in [0.4, 0.5) is 5.82 Å². The van der Waals surface area contributed by atoms with E-state index in [9.17, 15) is 0 Å². The van der Waals surface area contributed by atoms with Gasteiger partial charge in [-0.15, -0.1) is 0 Å². The zero-order valence-electron chi connectivity index (χ0n) is 9.17. The van der Waals surface area contributed by atoms with Gasteiger partial charge in [0.1, 0.15) is 0 Å². The maximum absolute atomic E-state index is 8.70. The van der Waals surface area contributed by atoms with Gasteiger partial charge in [-0.25, -0.2) is 9.97 Å². The molecule has 1 fully saturated rings. The van der Waals surface area contributed by atoms with Crippen LogP contribution in [0.5, 0.6) is 0 Å². The fourth-order valence-electron chi connectivity index (χ4n) is 1.74. The second kappa shape index (κ2) is 4.34. The van der Waals surface area contributed by atoms with E-state index in [-0.39, 0.29) is 5.84 Å². The third kappa shape index (κ3) is 1.91. The van der Waals surface area contributed by atoms with Gasteiger partial charge in [0.25, 0.3) is 0 Å². The summed E-state index contributed by atoms with van der Waals surface area (Å²) in [6.45, 7) is 2.90. The van der Waals surface area contributed by atoms with Crippen LogP contribution >= 0.6 is 0 Å². The summed E-state index contributed by atoms with van der Waals surface area (Å²) in [6, 6.07) is 0.520. The zero-order chi connectivity index (χ0) is 11.5. The van der Waals surface area contributed by atoms with Gasteiger partial charge in [-0.3, -0.25) is 0 Å². The van der Waals surface area contributed by atoms with Crippen LogP contribution in [0, 0.1) is 0 Å². The van der Waals surface area contributed by atoms with E-state index in [0.717, 1.165) is 6.54 Å². The number of hydrogen-bond donors (Lipinski definition) is 2. The summed E-state index contributed by atoms with van der Waals surface area (Å²) in [5.41, 5.74) is 6.02. The highest BCUT2D eigenvalue weighted by Gasteiger charge is 2.31. The van der Waals surface area contributed by atoms with E-state index in [4.69, 9.17) is 10.9 Å². The summed E-state index contributed by atoms with van der Waals surface area (Å²) in [5.74, 6) is 0.699. The van der Waals surface area contributed by atoms with Crippen LogP contribution in [-0.2, 0) is 0 Å². The highest BCUT2D eigenvalue weighted by atomic mass is 16.4. The zero-order valence-corrected chi connectivity index (χ0v) is 9.17. The van der Waals surface area contributed by atoms with Crippen LogP contribution in [0.15, 0.2) is 17.5 Å². The molecule has 16 heavy (non-hydrogen) atoms.